The van der Waals surface area contributed by atoms with Gasteiger partial charge in [-0.05, 0) is 36.7 Å². The molecule has 1 atom stereocenters. The topological polar surface area (TPSA) is 12.0 Å². The van der Waals surface area contributed by atoms with Crippen molar-refractivity contribution >= 4 is 11.6 Å². The van der Waals surface area contributed by atoms with E-state index in [4.69, 9.17) is 11.6 Å². The molecule has 1 unspecified atom stereocenters. The van der Waals surface area contributed by atoms with E-state index < -0.39 is 11.5 Å². The van der Waals surface area contributed by atoms with Crippen LogP contribution in [0.3, 0.4) is 0 Å². The first-order chi connectivity index (χ1) is 6.60. The highest BCUT2D eigenvalue weighted by molar-refractivity contribution is 6.30. The van der Waals surface area contributed by atoms with Gasteiger partial charge in [-0.3, -0.25) is 0 Å². The fraction of sp³-hybridized carbons (Fsp3) is 0.400. The van der Waals surface area contributed by atoms with Crippen molar-refractivity contribution in [2.24, 2.45) is 0 Å². The van der Waals surface area contributed by atoms with Gasteiger partial charge in [-0.1, -0.05) is 11.6 Å². The Morgan fingerprint density at radius 1 is 1.36 bits per heavy atom. The maximum Gasteiger partial charge on any atom is 0.149 e. The Balaban J connectivity index is 2.40. The Bertz CT molecular complexity index is 328. The van der Waals surface area contributed by atoms with Gasteiger partial charge in [0.05, 0.1) is 0 Å². The van der Waals surface area contributed by atoms with Crippen LogP contribution in [0.5, 0.6) is 0 Å². The molecular formula is C10H10ClF2N. The lowest BCUT2D eigenvalue weighted by atomic mass is 9.95. The smallest absolute Gasteiger partial charge is 0.149 e. The van der Waals surface area contributed by atoms with Gasteiger partial charge in [-0.2, -0.15) is 0 Å². The number of benzene rings is 1. The first-order valence-electron chi connectivity index (χ1n) is 4.46. The van der Waals surface area contributed by atoms with Crippen LogP contribution >= 0.6 is 11.6 Å². The molecule has 0 bridgehead atoms. The molecule has 1 aromatic carbocycles. The summed E-state index contributed by atoms with van der Waals surface area (Å²) in [5.41, 5.74) is -1.14. The summed E-state index contributed by atoms with van der Waals surface area (Å²) in [6.07, 6.45) is 0.368. The molecule has 1 aliphatic heterocycles. The first-order valence-corrected chi connectivity index (χ1v) is 4.84. The number of nitrogens with one attached hydrogen (secondary N) is 1. The maximum atomic E-state index is 14.1. The van der Waals surface area contributed by atoms with Crippen molar-refractivity contribution in [2.75, 3.05) is 13.1 Å². The molecule has 4 heteroatoms. The first kappa shape index (κ1) is 9.87. The van der Waals surface area contributed by atoms with Gasteiger partial charge in [0.15, 0.2) is 0 Å². The molecule has 1 nitrogen and oxygen atoms in total. The predicted octanol–water partition coefficient (Wildman–Crippen LogP) is 2.64. The van der Waals surface area contributed by atoms with E-state index in [1.54, 1.807) is 0 Å². The van der Waals surface area contributed by atoms with Crippen LogP contribution in [-0.4, -0.2) is 13.1 Å². The van der Waals surface area contributed by atoms with Crippen LogP contribution in [0.15, 0.2) is 18.2 Å². The molecular weight excluding hydrogens is 208 g/mol. The standard InChI is InChI=1S/C10H10ClF2N/c11-8-3-7(4-9(12)5-8)10(13)1-2-14-6-10/h3-5,14H,1-2,6H2. The van der Waals surface area contributed by atoms with E-state index in [9.17, 15) is 8.78 Å². The lowest BCUT2D eigenvalue weighted by Crippen LogP contribution is -2.23. The van der Waals surface area contributed by atoms with E-state index in [0.29, 0.717) is 18.5 Å². The fourth-order valence-corrected chi connectivity index (χ4v) is 1.94. The molecule has 0 radical (unpaired) electrons. The van der Waals surface area contributed by atoms with E-state index in [1.165, 1.54) is 18.2 Å². The van der Waals surface area contributed by atoms with Crippen molar-refractivity contribution in [2.45, 2.75) is 12.1 Å². The second kappa shape index (κ2) is 3.48. The maximum absolute atomic E-state index is 14.1. The van der Waals surface area contributed by atoms with Crippen LogP contribution in [0.25, 0.3) is 0 Å². The average molecular weight is 218 g/mol. The van der Waals surface area contributed by atoms with E-state index in [0.717, 1.165) is 0 Å². The normalized spacial score (nSPS) is 26.8. The third-order valence-electron chi connectivity index (χ3n) is 2.48. The second-order valence-electron chi connectivity index (χ2n) is 3.55. The third-order valence-corrected chi connectivity index (χ3v) is 2.70. The summed E-state index contributed by atoms with van der Waals surface area (Å²) in [5, 5.41) is 3.15. The zero-order chi connectivity index (χ0) is 10.2. The third kappa shape index (κ3) is 1.74. The van der Waals surface area contributed by atoms with Crippen LogP contribution in [0.1, 0.15) is 12.0 Å². The molecule has 1 aromatic rings. The molecule has 0 spiro atoms. The molecule has 0 saturated carbocycles. The van der Waals surface area contributed by atoms with Gasteiger partial charge in [-0.15, -0.1) is 0 Å². The Labute approximate surface area is 86.1 Å². The van der Waals surface area contributed by atoms with Gasteiger partial charge in [0.25, 0.3) is 0 Å². The molecule has 1 N–H and O–H groups in total. The molecule has 14 heavy (non-hydrogen) atoms. The van der Waals surface area contributed by atoms with Gasteiger partial charge in [0, 0.05) is 11.6 Å². The second-order valence-corrected chi connectivity index (χ2v) is 3.99. The van der Waals surface area contributed by atoms with Gasteiger partial charge in [-0.25, -0.2) is 8.78 Å². The van der Waals surface area contributed by atoms with Gasteiger partial charge in [0.2, 0.25) is 0 Å². The number of hydrogen-bond acceptors (Lipinski definition) is 1. The summed E-state index contributed by atoms with van der Waals surface area (Å²) in [7, 11) is 0. The van der Waals surface area contributed by atoms with E-state index in [2.05, 4.69) is 5.32 Å². The van der Waals surface area contributed by atoms with Crippen molar-refractivity contribution in [3.63, 3.8) is 0 Å². The minimum Gasteiger partial charge on any atom is -0.313 e. The number of halogens is 3. The molecule has 0 aromatic heterocycles. The molecule has 1 aliphatic rings. The van der Waals surface area contributed by atoms with Crippen LogP contribution in [0.4, 0.5) is 8.78 Å². The van der Waals surface area contributed by atoms with Crippen LogP contribution < -0.4 is 5.32 Å². The fourth-order valence-electron chi connectivity index (χ4n) is 1.72. The summed E-state index contributed by atoms with van der Waals surface area (Å²) < 4.78 is 27.1. The van der Waals surface area contributed by atoms with E-state index in [-0.39, 0.29) is 11.6 Å². The molecule has 1 fully saturated rings. The summed E-state index contributed by atoms with van der Waals surface area (Å²) in [5.74, 6) is -0.489. The SMILES string of the molecule is Fc1cc(Cl)cc(C2(F)CCNC2)c1. The van der Waals surface area contributed by atoms with Crippen LogP contribution in [0.2, 0.25) is 5.02 Å². The summed E-state index contributed by atoms with van der Waals surface area (Å²) in [4.78, 5) is 0. The van der Waals surface area contributed by atoms with Gasteiger partial charge >= 0.3 is 0 Å². The largest absolute Gasteiger partial charge is 0.313 e. The number of rotatable bonds is 1. The number of hydrogen-bond donors (Lipinski definition) is 1. The molecule has 2 rings (SSSR count). The Morgan fingerprint density at radius 3 is 2.71 bits per heavy atom. The molecule has 1 heterocycles. The van der Waals surface area contributed by atoms with Crippen molar-refractivity contribution in [1.82, 2.24) is 5.32 Å². The van der Waals surface area contributed by atoms with Crippen LogP contribution in [0, 0.1) is 5.82 Å². The monoisotopic (exact) mass is 217 g/mol. The predicted molar refractivity (Wildman–Crippen MR) is 51.7 cm³/mol. The molecule has 1 saturated heterocycles. The Morgan fingerprint density at radius 2 is 2.14 bits per heavy atom. The van der Waals surface area contributed by atoms with Crippen molar-refractivity contribution in [3.05, 3.63) is 34.6 Å². The summed E-state index contributed by atoms with van der Waals surface area (Å²) in [6, 6.07) is 3.87. The zero-order valence-electron chi connectivity index (χ0n) is 7.49. The highest BCUT2D eigenvalue weighted by Gasteiger charge is 2.35. The van der Waals surface area contributed by atoms with Crippen molar-refractivity contribution in [1.29, 1.82) is 0 Å². The van der Waals surface area contributed by atoms with E-state index in [1.807, 2.05) is 0 Å². The lowest BCUT2D eigenvalue weighted by molar-refractivity contribution is 0.193. The van der Waals surface area contributed by atoms with Crippen molar-refractivity contribution in [3.8, 4) is 0 Å². The minimum absolute atomic E-state index is 0.229. The number of alkyl halides is 1. The van der Waals surface area contributed by atoms with Crippen molar-refractivity contribution < 1.29 is 8.78 Å². The van der Waals surface area contributed by atoms with E-state index >= 15 is 0 Å². The van der Waals surface area contributed by atoms with Crippen LogP contribution in [-0.2, 0) is 5.67 Å². The van der Waals surface area contributed by atoms with Gasteiger partial charge < -0.3 is 5.32 Å². The highest BCUT2D eigenvalue weighted by Crippen LogP contribution is 2.33. The Kier molecular flexibility index (Phi) is 2.45. The zero-order valence-corrected chi connectivity index (χ0v) is 8.24. The quantitative estimate of drug-likeness (QED) is 0.763. The summed E-state index contributed by atoms with van der Waals surface area (Å²) in [6.45, 7) is 0.845. The Hall–Kier alpha value is -0.670. The minimum atomic E-state index is -1.47. The molecule has 0 amide bonds. The molecule has 76 valence electrons. The van der Waals surface area contributed by atoms with Gasteiger partial charge in [0.1, 0.15) is 11.5 Å². The highest BCUT2D eigenvalue weighted by atomic mass is 35.5. The lowest BCUT2D eigenvalue weighted by Gasteiger charge is -2.18. The average Bonchev–Trinajstić information content (AvgIpc) is 2.52. The molecule has 0 aliphatic carbocycles. The summed E-state index contributed by atoms with van der Waals surface area (Å²) >= 11 is 5.66.